The summed E-state index contributed by atoms with van der Waals surface area (Å²) in [5.74, 6) is -1.64. The molecule has 1 aromatic rings. The van der Waals surface area contributed by atoms with Crippen molar-refractivity contribution in [2.24, 2.45) is 0 Å². The Morgan fingerprint density at radius 2 is 1.68 bits per heavy atom. The molecule has 1 aliphatic heterocycles. The van der Waals surface area contributed by atoms with Gasteiger partial charge in [-0.1, -0.05) is 0 Å². The van der Waals surface area contributed by atoms with Gasteiger partial charge >= 0.3 is 6.03 Å². The Morgan fingerprint density at radius 3 is 2.24 bits per heavy atom. The molecule has 0 aliphatic carbocycles. The lowest BCUT2D eigenvalue weighted by molar-refractivity contribution is -0.131. The molecule has 9 heteroatoms. The third kappa shape index (κ3) is 4.31. The number of halogens is 1. The molecule has 8 nitrogen and oxygen atoms in total. The lowest BCUT2D eigenvalue weighted by atomic mass is 10.2. The van der Waals surface area contributed by atoms with Crippen LogP contribution < -0.4 is 10.6 Å². The lowest BCUT2D eigenvalue weighted by Crippen LogP contribution is -2.40. The van der Waals surface area contributed by atoms with Crippen LogP contribution in [-0.2, 0) is 9.59 Å². The predicted octanol–water partition coefficient (Wildman–Crippen LogP) is -0.0458. The second-order valence-corrected chi connectivity index (χ2v) is 5.62. The third-order valence-electron chi connectivity index (χ3n) is 3.89. The summed E-state index contributed by atoms with van der Waals surface area (Å²) in [6, 6.07) is 3.82. The van der Waals surface area contributed by atoms with Crippen molar-refractivity contribution >= 4 is 23.8 Å². The van der Waals surface area contributed by atoms with Gasteiger partial charge in [-0.2, -0.15) is 0 Å². The fourth-order valence-electron chi connectivity index (χ4n) is 2.41. The van der Waals surface area contributed by atoms with E-state index in [1.54, 1.807) is 0 Å². The van der Waals surface area contributed by atoms with E-state index in [0.29, 0.717) is 5.56 Å². The summed E-state index contributed by atoms with van der Waals surface area (Å²) in [7, 11) is 2.83. The molecule has 0 unspecified atom stereocenters. The summed E-state index contributed by atoms with van der Waals surface area (Å²) in [5, 5.41) is 5.16. The van der Waals surface area contributed by atoms with Gasteiger partial charge in [0.1, 0.15) is 11.9 Å². The molecule has 0 aromatic heterocycles. The average molecular weight is 350 g/mol. The number of likely N-dealkylation sites (N-methyl/N-ethyl adjacent to an activating group) is 2. The zero-order valence-corrected chi connectivity index (χ0v) is 13.9. The number of hydrogen-bond acceptors (Lipinski definition) is 4. The van der Waals surface area contributed by atoms with Gasteiger partial charge < -0.3 is 15.5 Å². The van der Waals surface area contributed by atoms with Gasteiger partial charge in [0.05, 0.1) is 6.42 Å². The van der Waals surface area contributed by atoms with Gasteiger partial charge in [-0.15, -0.1) is 0 Å². The number of imide groups is 1. The maximum absolute atomic E-state index is 12.8. The number of nitrogens with zero attached hydrogens (tertiary/aromatic N) is 2. The van der Waals surface area contributed by atoms with Crippen LogP contribution in [0.25, 0.3) is 0 Å². The van der Waals surface area contributed by atoms with Gasteiger partial charge in [-0.25, -0.2) is 9.18 Å². The van der Waals surface area contributed by atoms with Crippen molar-refractivity contribution in [2.75, 3.05) is 27.2 Å². The van der Waals surface area contributed by atoms with Crippen LogP contribution >= 0.6 is 0 Å². The van der Waals surface area contributed by atoms with Crippen LogP contribution in [0.15, 0.2) is 24.3 Å². The molecule has 0 spiro atoms. The number of benzene rings is 1. The van der Waals surface area contributed by atoms with E-state index in [0.717, 1.165) is 4.90 Å². The maximum Gasteiger partial charge on any atom is 0.326 e. The number of nitrogens with one attached hydrogen (secondary N) is 2. The van der Waals surface area contributed by atoms with E-state index in [1.165, 1.54) is 43.3 Å². The molecule has 0 bridgehead atoms. The highest BCUT2D eigenvalue weighted by atomic mass is 19.1. The minimum atomic E-state index is -0.814. The molecule has 1 heterocycles. The van der Waals surface area contributed by atoms with E-state index in [9.17, 15) is 23.6 Å². The Labute approximate surface area is 144 Å². The fourth-order valence-corrected chi connectivity index (χ4v) is 2.41. The summed E-state index contributed by atoms with van der Waals surface area (Å²) in [6.07, 6.45) is -0.142. The van der Waals surface area contributed by atoms with Crippen molar-refractivity contribution in [3.05, 3.63) is 35.6 Å². The molecule has 1 aromatic carbocycles. The molecular weight excluding hydrogens is 331 g/mol. The number of carbonyl (C=O) groups is 4. The van der Waals surface area contributed by atoms with Crippen LogP contribution in [0.4, 0.5) is 9.18 Å². The summed E-state index contributed by atoms with van der Waals surface area (Å²) in [6.45, 7) is 0.343. The van der Waals surface area contributed by atoms with Crippen molar-refractivity contribution in [2.45, 2.75) is 12.5 Å². The Morgan fingerprint density at radius 1 is 1.08 bits per heavy atom. The zero-order chi connectivity index (χ0) is 18.6. The molecule has 2 N–H and O–H groups in total. The average Bonchev–Trinajstić information content (AvgIpc) is 2.77. The van der Waals surface area contributed by atoms with E-state index < -0.39 is 29.7 Å². The van der Waals surface area contributed by atoms with E-state index in [4.69, 9.17) is 0 Å². The standard InChI is InChI=1S/C16H19FN4O4/c1-20-12(15(24)21(2)16(20)25)9-13(22)18-7-8-19-14(23)10-3-5-11(17)6-4-10/h3-6,12H,7-9H2,1-2H3,(H,18,22)(H,19,23)/t12-/m0/s1. The van der Waals surface area contributed by atoms with Gasteiger partial charge in [0.15, 0.2) is 0 Å². The molecule has 1 aliphatic rings. The second kappa shape index (κ2) is 7.73. The molecule has 1 saturated heterocycles. The minimum Gasteiger partial charge on any atom is -0.354 e. The molecule has 134 valence electrons. The summed E-state index contributed by atoms with van der Waals surface area (Å²) in [5.41, 5.74) is 0.312. The number of hydrogen-bond donors (Lipinski definition) is 2. The van der Waals surface area contributed by atoms with E-state index in [1.807, 2.05) is 0 Å². The Balaban J connectivity index is 1.72. The maximum atomic E-state index is 12.8. The molecular formula is C16H19FN4O4. The molecule has 5 amide bonds. The van der Waals surface area contributed by atoms with Gasteiger partial charge in [0.2, 0.25) is 5.91 Å². The normalized spacial score (nSPS) is 17.0. The van der Waals surface area contributed by atoms with E-state index >= 15 is 0 Å². The van der Waals surface area contributed by atoms with Crippen LogP contribution in [0, 0.1) is 5.82 Å². The first kappa shape index (κ1) is 18.4. The molecule has 25 heavy (non-hydrogen) atoms. The second-order valence-electron chi connectivity index (χ2n) is 5.62. The summed E-state index contributed by atoms with van der Waals surface area (Å²) < 4.78 is 12.8. The Hall–Kier alpha value is -2.97. The van der Waals surface area contributed by atoms with Crippen LogP contribution in [0.5, 0.6) is 0 Å². The van der Waals surface area contributed by atoms with Gasteiger partial charge in [-0.05, 0) is 24.3 Å². The Bertz CT molecular complexity index is 692. The summed E-state index contributed by atoms with van der Waals surface area (Å²) in [4.78, 5) is 49.4. The van der Waals surface area contributed by atoms with Gasteiger partial charge in [-0.3, -0.25) is 19.3 Å². The largest absolute Gasteiger partial charge is 0.354 e. The Kier molecular flexibility index (Phi) is 5.68. The van der Waals surface area contributed by atoms with Crippen molar-refractivity contribution in [3.8, 4) is 0 Å². The highest BCUT2D eigenvalue weighted by Crippen LogP contribution is 2.16. The van der Waals surface area contributed by atoms with Crippen molar-refractivity contribution in [1.82, 2.24) is 20.4 Å². The van der Waals surface area contributed by atoms with E-state index in [-0.39, 0.29) is 25.4 Å². The first-order valence-corrected chi connectivity index (χ1v) is 7.66. The zero-order valence-electron chi connectivity index (χ0n) is 13.9. The highest BCUT2D eigenvalue weighted by molar-refractivity contribution is 6.05. The van der Waals surface area contributed by atoms with Crippen LogP contribution in [0.3, 0.4) is 0 Å². The molecule has 0 saturated carbocycles. The first-order chi connectivity index (χ1) is 11.8. The highest BCUT2D eigenvalue weighted by Gasteiger charge is 2.41. The predicted molar refractivity (Wildman–Crippen MR) is 86.1 cm³/mol. The quantitative estimate of drug-likeness (QED) is 0.555. The SMILES string of the molecule is CN1C(=O)[C@H](CC(=O)NCCNC(=O)c2ccc(F)cc2)N(C)C1=O. The molecule has 2 rings (SSSR count). The molecule has 0 radical (unpaired) electrons. The smallest absolute Gasteiger partial charge is 0.326 e. The van der Waals surface area contributed by atoms with Gasteiger partial charge in [0.25, 0.3) is 11.8 Å². The third-order valence-corrected chi connectivity index (χ3v) is 3.89. The van der Waals surface area contributed by atoms with Crippen LogP contribution in [0.1, 0.15) is 16.8 Å². The van der Waals surface area contributed by atoms with Crippen molar-refractivity contribution in [1.29, 1.82) is 0 Å². The fraction of sp³-hybridized carbons (Fsp3) is 0.375. The number of amides is 5. The minimum absolute atomic E-state index is 0.142. The first-order valence-electron chi connectivity index (χ1n) is 7.66. The lowest BCUT2D eigenvalue weighted by Gasteiger charge is -2.15. The number of urea groups is 1. The molecule has 1 atom stereocenters. The van der Waals surface area contributed by atoms with Gasteiger partial charge in [0, 0.05) is 32.7 Å². The van der Waals surface area contributed by atoms with Crippen molar-refractivity contribution in [3.63, 3.8) is 0 Å². The number of carbonyl (C=O) groups excluding carboxylic acids is 4. The topological polar surface area (TPSA) is 98.8 Å². The monoisotopic (exact) mass is 350 g/mol. The van der Waals surface area contributed by atoms with Crippen LogP contribution in [-0.4, -0.2) is 66.8 Å². The van der Waals surface area contributed by atoms with Crippen molar-refractivity contribution < 1.29 is 23.6 Å². The van der Waals surface area contributed by atoms with Crippen LogP contribution in [0.2, 0.25) is 0 Å². The number of rotatable bonds is 6. The molecule has 1 fully saturated rings. The van der Waals surface area contributed by atoms with E-state index in [2.05, 4.69) is 10.6 Å². The summed E-state index contributed by atoms with van der Waals surface area (Å²) >= 11 is 0.